The third-order valence-corrected chi connectivity index (χ3v) is 7.41. The summed E-state index contributed by atoms with van der Waals surface area (Å²) < 4.78 is 7.60. The van der Waals surface area contributed by atoms with E-state index in [4.69, 9.17) is 4.42 Å². The Kier molecular flexibility index (Phi) is 6.90. The van der Waals surface area contributed by atoms with Crippen molar-refractivity contribution in [3.63, 3.8) is 0 Å². The Balaban J connectivity index is 1.31. The maximum absolute atomic E-state index is 13.3. The van der Waals surface area contributed by atoms with Crippen LogP contribution >= 0.6 is 11.8 Å². The van der Waals surface area contributed by atoms with Crippen LogP contribution < -0.4 is 4.90 Å². The average Bonchev–Trinajstić information content (AvgIpc) is 3.50. The van der Waals surface area contributed by atoms with Crippen LogP contribution in [0.5, 0.6) is 0 Å². The number of rotatable bonds is 7. The molecule has 1 saturated heterocycles. The highest BCUT2D eigenvalue weighted by Gasteiger charge is 2.28. The van der Waals surface area contributed by atoms with Gasteiger partial charge in [0, 0.05) is 31.9 Å². The molecule has 0 aliphatic carbocycles. The number of thioether (sulfide) groups is 1. The number of piperazine rings is 1. The van der Waals surface area contributed by atoms with Gasteiger partial charge in [-0.1, -0.05) is 60.3 Å². The number of anilines is 1. The smallest absolute Gasteiger partial charge is 0.236 e. The lowest BCUT2D eigenvalue weighted by Crippen LogP contribution is -2.50. The number of para-hydroxylation sites is 1. The fourth-order valence-electron chi connectivity index (χ4n) is 4.39. The fourth-order valence-corrected chi connectivity index (χ4v) is 5.32. The normalized spacial score (nSPS) is 14.8. The van der Waals surface area contributed by atoms with Crippen molar-refractivity contribution in [2.75, 3.05) is 31.1 Å². The van der Waals surface area contributed by atoms with Crippen LogP contribution in [0.1, 0.15) is 18.2 Å². The number of hydrogen-bond donors (Lipinski definition) is 0. The van der Waals surface area contributed by atoms with E-state index < -0.39 is 0 Å². The van der Waals surface area contributed by atoms with Crippen LogP contribution in [0.25, 0.3) is 11.4 Å². The molecule has 0 saturated carbocycles. The highest BCUT2D eigenvalue weighted by atomic mass is 32.2. The lowest BCUT2D eigenvalue weighted by molar-refractivity contribution is -0.130. The molecule has 4 aromatic rings. The standard InChI is InChI=1S/C27H29N5O2S/c1-20-24(13-18-34-20)25-28-29-27(32(25)19-22-9-5-3-6-10-22)35-21(2)26(33)31-16-14-30(15-17-31)23-11-7-4-8-12-23/h3-13,18,21H,14-17,19H2,1-2H3/t21-/m0/s1. The number of hydrogen-bond acceptors (Lipinski definition) is 6. The highest BCUT2D eigenvalue weighted by molar-refractivity contribution is 8.00. The topological polar surface area (TPSA) is 67.4 Å². The third-order valence-electron chi connectivity index (χ3n) is 6.34. The minimum atomic E-state index is -0.268. The van der Waals surface area contributed by atoms with E-state index in [1.807, 2.05) is 49.1 Å². The Morgan fingerprint density at radius 2 is 1.66 bits per heavy atom. The van der Waals surface area contributed by atoms with E-state index in [2.05, 4.69) is 56.1 Å². The minimum Gasteiger partial charge on any atom is -0.469 e. The van der Waals surface area contributed by atoms with Crippen molar-refractivity contribution < 1.29 is 9.21 Å². The van der Waals surface area contributed by atoms with Crippen LogP contribution in [-0.4, -0.2) is 57.0 Å². The van der Waals surface area contributed by atoms with E-state index in [0.29, 0.717) is 6.54 Å². The average molecular weight is 488 g/mol. The van der Waals surface area contributed by atoms with Crippen LogP contribution in [0, 0.1) is 6.92 Å². The molecule has 0 N–H and O–H groups in total. The lowest BCUT2D eigenvalue weighted by Gasteiger charge is -2.37. The second-order valence-electron chi connectivity index (χ2n) is 8.68. The number of aryl methyl sites for hydroxylation is 1. The van der Waals surface area contributed by atoms with Crippen molar-refractivity contribution in [1.82, 2.24) is 19.7 Å². The maximum Gasteiger partial charge on any atom is 0.236 e. The molecule has 1 atom stereocenters. The van der Waals surface area contributed by atoms with Crippen molar-refractivity contribution in [2.24, 2.45) is 0 Å². The lowest BCUT2D eigenvalue weighted by atomic mass is 10.2. The van der Waals surface area contributed by atoms with Gasteiger partial charge in [0.15, 0.2) is 11.0 Å². The zero-order valence-corrected chi connectivity index (χ0v) is 20.8. The van der Waals surface area contributed by atoms with Gasteiger partial charge in [0.25, 0.3) is 0 Å². The summed E-state index contributed by atoms with van der Waals surface area (Å²) in [6, 6.07) is 22.5. The second-order valence-corrected chi connectivity index (χ2v) is 9.98. The monoisotopic (exact) mass is 487 g/mol. The van der Waals surface area contributed by atoms with Crippen LogP contribution in [-0.2, 0) is 11.3 Å². The van der Waals surface area contributed by atoms with Gasteiger partial charge in [-0.05, 0) is 37.6 Å². The van der Waals surface area contributed by atoms with Gasteiger partial charge in [-0.3, -0.25) is 9.36 Å². The van der Waals surface area contributed by atoms with Gasteiger partial charge in [-0.15, -0.1) is 10.2 Å². The summed E-state index contributed by atoms with van der Waals surface area (Å²) in [6.07, 6.45) is 1.67. The molecule has 0 spiro atoms. The summed E-state index contributed by atoms with van der Waals surface area (Å²) in [5.74, 6) is 1.68. The van der Waals surface area contributed by atoms with E-state index in [0.717, 1.165) is 54.0 Å². The summed E-state index contributed by atoms with van der Waals surface area (Å²) in [7, 11) is 0. The predicted molar refractivity (Wildman–Crippen MR) is 139 cm³/mol. The summed E-state index contributed by atoms with van der Waals surface area (Å²) in [4.78, 5) is 17.6. The molecule has 1 amide bonds. The molecule has 8 heteroatoms. The number of amides is 1. The van der Waals surface area contributed by atoms with Gasteiger partial charge in [0.05, 0.1) is 23.6 Å². The zero-order valence-electron chi connectivity index (χ0n) is 20.0. The van der Waals surface area contributed by atoms with Crippen LogP contribution in [0.3, 0.4) is 0 Å². The quantitative estimate of drug-likeness (QED) is 0.351. The first kappa shape index (κ1) is 23.2. The molecule has 35 heavy (non-hydrogen) atoms. The third kappa shape index (κ3) is 5.12. The number of benzene rings is 2. The molecule has 2 aromatic carbocycles. The molecule has 180 valence electrons. The molecule has 0 radical (unpaired) electrons. The van der Waals surface area contributed by atoms with Gasteiger partial charge in [0.2, 0.25) is 5.91 Å². The Labute approximate surface area is 209 Å². The number of carbonyl (C=O) groups is 1. The number of furan rings is 1. The molecule has 1 fully saturated rings. The number of aromatic nitrogens is 3. The van der Waals surface area contributed by atoms with E-state index in [1.165, 1.54) is 17.4 Å². The van der Waals surface area contributed by atoms with E-state index in [9.17, 15) is 4.79 Å². The second kappa shape index (κ2) is 10.4. The van der Waals surface area contributed by atoms with Crippen molar-refractivity contribution >= 4 is 23.4 Å². The predicted octanol–water partition coefficient (Wildman–Crippen LogP) is 4.72. The van der Waals surface area contributed by atoms with Gasteiger partial charge in [-0.2, -0.15) is 0 Å². The molecule has 0 bridgehead atoms. The summed E-state index contributed by atoms with van der Waals surface area (Å²) >= 11 is 1.47. The molecule has 3 heterocycles. The first-order chi connectivity index (χ1) is 17.1. The van der Waals surface area contributed by atoms with Gasteiger partial charge in [-0.25, -0.2) is 0 Å². The zero-order chi connectivity index (χ0) is 24.2. The van der Waals surface area contributed by atoms with Crippen molar-refractivity contribution in [2.45, 2.75) is 30.8 Å². The minimum absolute atomic E-state index is 0.137. The Morgan fingerprint density at radius 1 is 0.971 bits per heavy atom. The van der Waals surface area contributed by atoms with E-state index in [1.54, 1.807) is 6.26 Å². The van der Waals surface area contributed by atoms with E-state index >= 15 is 0 Å². The Hall–Kier alpha value is -3.52. The molecular formula is C27H29N5O2S. The Bertz CT molecular complexity index is 1260. The van der Waals surface area contributed by atoms with Gasteiger partial charge < -0.3 is 14.2 Å². The van der Waals surface area contributed by atoms with E-state index in [-0.39, 0.29) is 11.2 Å². The molecule has 1 aliphatic heterocycles. The maximum atomic E-state index is 13.3. The van der Waals surface area contributed by atoms with Gasteiger partial charge in [0.1, 0.15) is 5.76 Å². The Morgan fingerprint density at radius 3 is 2.31 bits per heavy atom. The molecular weight excluding hydrogens is 458 g/mol. The largest absolute Gasteiger partial charge is 0.469 e. The summed E-state index contributed by atoms with van der Waals surface area (Å²) in [6.45, 7) is 7.60. The van der Waals surface area contributed by atoms with Crippen molar-refractivity contribution in [3.8, 4) is 11.4 Å². The molecule has 5 rings (SSSR count). The molecule has 2 aromatic heterocycles. The van der Waals surface area contributed by atoms with Crippen molar-refractivity contribution in [1.29, 1.82) is 0 Å². The molecule has 0 unspecified atom stereocenters. The first-order valence-corrected chi connectivity index (χ1v) is 12.7. The van der Waals surface area contributed by atoms with Crippen LogP contribution in [0.4, 0.5) is 5.69 Å². The van der Waals surface area contributed by atoms with Crippen molar-refractivity contribution in [3.05, 3.63) is 84.3 Å². The summed E-state index contributed by atoms with van der Waals surface area (Å²) in [5, 5.41) is 9.43. The van der Waals surface area contributed by atoms with Crippen LogP contribution in [0.2, 0.25) is 0 Å². The number of carbonyl (C=O) groups excluding carboxylic acids is 1. The molecule has 1 aliphatic rings. The van der Waals surface area contributed by atoms with Crippen LogP contribution in [0.15, 0.2) is 82.6 Å². The highest BCUT2D eigenvalue weighted by Crippen LogP contribution is 2.30. The fraction of sp³-hybridized carbons (Fsp3) is 0.296. The SMILES string of the molecule is Cc1occc1-c1nnc(S[C@@H](C)C(=O)N2CCN(c3ccccc3)CC2)n1Cc1ccccc1. The van der Waals surface area contributed by atoms with Gasteiger partial charge >= 0.3 is 0 Å². The first-order valence-electron chi connectivity index (χ1n) is 11.9. The summed E-state index contributed by atoms with van der Waals surface area (Å²) in [5.41, 5.74) is 3.27. The number of nitrogens with zero attached hydrogens (tertiary/aromatic N) is 5. The molecule has 7 nitrogen and oxygen atoms in total.